The number of rotatable bonds is 7. The third kappa shape index (κ3) is 5.42. The Labute approximate surface area is 169 Å². The van der Waals surface area contributed by atoms with Crippen LogP contribution < -0.4 is 4.90 Å². The Bertz CT molecular complexity index is 836. The molecule has 0 atom stereocenters. The van der Waals surface area contributed by atoms with E-state index in [4.69, 9.17) is 0 Å². The molecule has 1 saturated carbocycles. The van der Waals surface area contributed by atoms with Crippen LogP contribution >= 0.6 is 0 Å². The SMILES string of the molecule is CN(CC(=O)N(Cc1ccc(C2CCCCC2)cc1)c1ccccc1)[SH](=O)=O. The van der Waals surface area contributed by atoms with Crippen molar-refractivity contribution in [3.8, 4) is 0 Å². The summed E-state index contributed by atoms with van der Waals surface area (Å²) >= 11 is 0. The average molecular weight is 401 g/mol. The first-order valence-corrected chi connectivity index (χ1v) is 11.0. The molecule has 0 spiro atoms. The highest BCUT2D eigenvalue weighted by atomic mass is 32.2. The molecule has 2 aromatic rings. The number of likely N-dealkylation sites (N-methyl/N-ethyl adjacent to an activating group) is 1. The van der Waals surface area contributed by atoms with Crippen molar-refractivity contribution in [1.29, 1.82) is 0 Å². The highest BCUT2D eigenvalue weighted by Crippen LogP contribution is 2.32. The van der Waals surface area contributed by atoms with Gasteiger partial charge in [0, 0.05) is 12.7 Å². The van der Waals surface area contributed by atoms with Crippen LogP contribution in [0.15, 0.2) is 54.6 Å². The van der Waals surface area contributed by atoms with Crippen LogP contribution in [0.1, 0.15) is 49.1 Å². The normalized spacial score (nSPS) is 15.1. The minimum Gasteiger partial charge on any atom is -0.307 e. The number of hydrogen-bond acceptors (Lipinski definition) is 3. The molecular weight excluding hydrogens is 372 g/mol. The molecule has 1 amide bonds. The molecular formula is C22H28N2O3S. The summed E-state index contributed by atoms with van der Waals surface area (Å²) < 4.78 is 23.3. The number of benzene rings is 2. The van der Waals surface area contributed by atoms with Gasteiger partial charge in [-0.05, 0) is 42.0 Å². The van der Waals surface area contributed by atoms with Crippen LogP contribution in [0.2, 0.25) is 0 Å². The van der Waals surface area contributed by atoms with E-state index in [0.717, 1.165) is 15.6 Å². The van der Waals surface area contributed by atoms with Crippen LogP contribution in [0, 0.1) is 0 Å². The highest BCUT2D eigenvalue weighted by Gasteiger charge is 2.19. The van der Waals surface area contributed by atoms with Crippen LogP contribution in [0.3, 0.4) is 0 Å². The minimum absolute atomic E-state index is 0.173. The second-order valence-electron chi connectivity index (χ2n) is 7.45. The van der Waals surface area contributed by atoms with E-state index in [1.165, 1.54) is 44.7 Å². The van der Waals surface area contributed by atoms with Crippen molar-refractivity contribution < 1.29 is 13.2 Å². The smallest absolute Gasteiger partial charge is 0.242 e. The summed E-state index contributed by atoms with van der Waals surface area (Å²) in [6, 6.07) is 17.9. The van der Waals surface area contributed by atoms with Crippen molar-refractivity contribution in [3.05, 3.63) is 65.7 Å². The van der Waals surface area contributed by atoms with Gasteiger partial charge in [-0.1, -0.05) is 61.7 Å². The largest absolute Gasteiger partial charge is 0.307 e. The van der Waals surface area contributed by atoms with Gasteiger partial charge < -0.3 is 4.90 Å². The standard InChI is InChI=1S/C22H28N2O3S/c1-23(28(26)27)17-22(25)24(21-10-6-3-7-11-21)16-18-12-14-20(15-13-18)19-8-4-2-5-9-19/h3,6-7,10-15,19,28H,2,4-5,8-9,16-17H2,1H3. The topological polar surface area (TPSA) is 57.7 Å². The van der Waals surface area contributed by atoms with Crippen LogP contribution in [0.4, 0.5) is 5.69 Å². The highest BCUT2D eigenvalue weighted by molar-refractivity contribution is 7.69. The molecule has 28 heavy (non-hydrogen) atoms. The lowest BCUT2D eigenvalue weighted by atomic mass is 9.84. The van der Waals surface area contributed by atoms with Gasteiger partial charge in [-0.3, -0.25) is 4.79 Å². The maximum atomic E-state index is 12.8. The quantitative estimate of drug-likeness (QED) is 0.721. The van der Waals surface area contributed by atoms with Crippen LogP contribution in [-0.4, -0.2) is 32.2 Å². The van der Waals surface area contributed by atoms with Gasteiger partial charge in [0.2, 0.25) is 16.8 Å². The van der Waals surface area contributed by atoms with E-state index in [2.05, 4.69) is 24.3 Å². The molecule has 0 N–H and O–H groups in total. The fourth-order valence-corrected chi connectivity index (χ4v) is 4.02. The molecule has 150 valence electrons. The molecule has 0 radical (unpaired) electrons. The van der Waals surface area contributed by atoms with Crippen molar-refractivity contribution in [2.75, 3.05) is 18.5 Å². The van der Waals surface area contributed by atoms with Crippen molar-refractivity contribution >= 4 is 22.5 Å². The summed E-state index contributed by atoms with van der Waals surface area (Å²) in [6.07, 6.45) is 6.46. The average Bonchev–Trinajstić information content (AvgIpc) is 2.73. The maximum absolute atomic E-state index is 12.8. The van der Waals surface area contributed by atoms with Gasteiger partial charge in [-0.15, -0.1) is 0 Å². The summed E-state index contributed by atoms with van der Waals surface area (Å²) in [7, 11) is -1.36. The lowest BCUT2D eigenvalue weighted by Crippen LogP contribution is -2.38. The first kappa shape index (κ1) is 20.6. The Hall–Kier alpha value is -2.18. The predicted molar refractivity (Wildman–Crippen MR) is 113 cm³/mol. The minimum atomic E-state index is -2.77. The fraction of sp³-hybridized carbons (Fsp3) is 0.409. The molecule has 0 saturated heterocycles. The van der Waals surface area contributed by atoms with Crippen molar-refractivity contribution in [1.82, 2.24) is 4.31 Å². The maximum Gasteiger partial charge on any atom is 0.242 e. The van der Waals surface area contributed by atoms with Gasteiger partial charge in [0.1, 0.15) is 0 Å². The van der Waals surface area contributed by atoms with Crippen molar-refractivity contribution in [3.63, 3.8) is 0 Å². The van der Waals surface area contributed by atoms with Crippen LogP contribution in [0.25, 0.3) is 0 Å². The predicted octanol–water partition coefficient (Wildman–Crippen LogP) is 3.73. The Morgan fingerprint density at radius 2 is 1.61 bits per heavy atom. The molecule has 3 rings (SSSR count). The number of amides is 1. The second kappa shape index (κ2) is 9.85. The first-order chi connectivity index (χ1) is 13.5. The molecule has 5 nitrogen and oxygen atoms in total. The first-order valence-electron chi connectivity index (χ1n) is 9.84. The monoisotopic (exact) mass is 400 g/mol. The van der Waals surface area contributed by atoms with Crippen LogP contribution in [0.5, 0.6) is 0 Å². The van der Waals surface area contributed by atoms with E-state index in [1.54, 1.807) is 4.90 Å². The number of hydrogen-bond donors (Lipinski definition) is 1. The van der Waals surface area contributed by atoms with E-state index < -0.39 is 10.9 Å². The lowest BCUT2D eigenvalue weighted by molar-refractivity contribution is -0.118. The Kier molecular flexibility index (Phi) is 7.23. The zero-order valence-electron chi connectivity index (χ0n) is 16.3. The van der Waals surface area contributed by atoms with E-state index >= 15 is 0 Å². The molecule has 0 heterocycles. The lowest BCUT2D eigenvalue weighted by Gasteiger charge is -2.25. The number of para-hydroxylation sites is 1. The van der Waals surface area contributed by atoms with Gasteiger partial charge in [-0.2, -0.15) is 4.31 Å². The Morgan fingerprint density at radius 3 is 2.21 bits per heavy atom. The third-order valence-electron chi connectivity index (χ3n) is 5.41. The van der Waals surface area contributed by atoms with E-state index in [-0.39, 0.29) is 12.5 Å². The molecule has 1 aliphatic carbocycles. The van der Waals surface area contributed by atoms with Crippen molar-refractivity contribution in [2.45, 2.75) is 44.6 Å². The van der Waals surface area contributed by atoms with E-state index in [9.17, 15) is 13.2 Å². The number of carbonyl (C=O) groups is 1. The summed E-state index contributed by atoms with van der Waals surface area (Å²) in [5, 5.41) is 0. The van der Waals surface area contributed by atoms with E-state index in [0.29, 0.717) is 12.5 Å². The zero-order valence-corrected chi connectivity index (χ0v) is 17.2. The Morgan fingerprint density at radius 1 is 0.964 bits per heavy atom. The van der Waals surface area contributed by atoms with Gasteiger partial charge >= 0.3 is 0 Å². The third-order valence-corrected chi connectivity index (χ3v) is 6.11. The molecule has 0 aliphatic heterocycles. The van der Waals surface area contributed by atoms with Crippen molar-refractivity contribution in [2.24, 2.45) is 0 Å². The van der Waals surface area contributed by atoms with Gasteiger partial charge in [0.25, 0.3) is 0 Å². The number of thiol groups is 1. The molecule has 0 aromatic heterocycles. The summed E-state index contributed by atoms with van der Waals surface area (Å²) in [6.45, 7) is 0.241. The number of anilines is 1. The van der Waals surface area contributed by atoms with Gasteiger partial charge in [0.05, 0.1) is 13.1 Å². The van der Waals surface area contributed by atoms with E-state index in [1.807, 2.05) is 30.3 Å². The molecule has 0 unspecified atom stereocenters. The number of nitrogens with zero attached hydrogens (tertiary/aromatic N) is 2. The summed E-state index contributed by atoms with van der Waals surface area (Å²) in [5.41, 5.74) is 3.17. The number of carbonyl (C=O) groups excluding carboxylic acids is 1. The van der Waals surface area contributed by atoms with Crippen LogP contribution in [-0.2, 0) is 22.2 Å². The molecule has 1 fully saturated rings. The molecule has 6 heteroatoms. The fourth-order valence-electron chi connectivity index (χ4n) is 3.78. The second-order valence-corrected chi connectivity index (χ2v) is 8.60. The van der Waals surface area contributed by atoms with Gasteiger partial charge in [0.15, 0.2) is 0 Å². The molecule has 0 bridgehead atoms. The summed E-state index contributed by atoms with van der Waals surface area (Å²) in [4.78, 5) is 14.4. The molecule has 2 aromatic carbocycles. The molecule has 1 aliphatic rings. The zero-order chi connectivity index (χ0) is 19.9. The Balaban J connectivity index is 1.76. The summed E-state index contributed by atoms with van der Waals surface area (Å²) in [5.74, 6) is 0.404. The van der Waals surface area contributed by atoms with Gasteiger partial charge in [-0.25, -0.2) is 8.42 Å².